The molecular formula is C27H30N6O2. The standard InChI is InChI=1S/C27H30N6O2/c1-17-18(2)32-33(19(17)3)24-15-25(29-16-28-24)35-23-13-11-22(12-14-23)31-26(34)30-21-9-7-20(8-10-21)27(4,5)6/h7-16H,1-6H3,(H2,30,31,34). The molecule has 0 radical (unpaired) electrons. The second-order valence-electron chi connectivity index (χ2n) is 9.45. The minimum atomic E-state index is -0.317. The van der Waals surface area contributed by atoms with Crippen molar-refractivity contribution in [2.24, 2.45) is 0 Å². The quantitative estimate of drug-likeness (QED) is 0.356. The molecule has 8 nitrogen and oxygen atoms in total. The predicted octanol–water partition coefficient (Wildman–Crippen LogP) is 6.32. The molecule has 0 saturated carbocycles. The van der Waals surface area contributed by atoms with Gasteiger partial charge in [0.1, 0.15) is 12.1 Å². The summed E-state index contributed by atoms with van der Waals surface area (Å²) in [6.45, 7) is 12.5. The first-order valence-electron chi connectivity index (χ1n) is 11.4. The van der Waals surface area contributed by atoms with Crippen molar-refractivity contribution in [2.45, 2.75) is 47.0 Å². The topological polar surface area (TPSA) is 94.0 Å². The van der Waals surface area contributed by atoms with E-state index in [1.165, 1.54) is 11.9 Å². The summed E-state index contributed by atoms with van der Waals surface area (Å²) in [5.74, 6) is 1.62. The first-order chi connectivity index (χ1) is 16.6. The van der Waals surface area contributed by atoms with Crippen molar-refractivity contribution in [1.29, 1.82) is 0 Å². The average molecular weight is 471 g/mol. The summed E-state index contributed by atoms with van der Waals surface area (Å²) in [5.41, 5.74) is 5.74. The SMILES string of the molecule is Cc1nn(-c2cc(Oc3ccc(NC(=O)Nc4ccc(C(C)(C)C)cc4)cc3)ncn2)c(C)c1C. The van der Waals surface area contributed by atoms with Crippen LogP contribution in [-0.4, -0.2) is 25.8 Å². The predicted molar refractivity (Wildman–Crippen MR) is 138 cm³/mol. The fourth-order valence-corrected chi connectivity index (χ4v) is 3.52. The lowest BCUT2D eigenvalue weighted by Gasteiger charge is -2.19. The van der Waals surface area contributed by atoms with E-state index in [0.29, 0.717) is 23.1 Å². The maximum atomic E-state index is 12.4. The number of benzene rings is 2. The zero-order chi connectivity index (χ0) is 25.2. The molecule has 2 heterocycles. The minimum absolute atomic E-state index is 0.0636. The lowest BCUT2D eigenvalue weighted by atomic mass is 9.87. The van der Waals surface area contributed by atoms with Crippen molar-refractivity contribution in [3.8, 4) is 17.4 Å². The van der Waals surface area contributed by atoms with E-state index in [4.69, 9.17) is 4.74 Å². The van der Waals surface area contributed by atoms with E-state index in [1.807, 2.05) is 45.0 Å². The first-order valence-corrected chi connectivity index (χ1v) is 11.4. The molecule has 35 heavy (non-hydrogen) atoms. The Morgan fingerprint density at radius 2 is 1.49 bits per heavy atom. The van der Waals surface area contributed by atoms with Crippen LogP contribution in [0.4, 0.5) is 16.2 Å². The Balaban J connectivity index is 1.38. The molecule has 0 aliphatic rings. The van der Waals surface area contributed by atoms with Gasteiger partial charge >= 0.3 is 6.03 Å². The molecule has 180 valence electrons. The zero-order valence-electron chi connectivity index (χ0n) is 20.9. The van der Waals surface area contributed by atoms with Crippen LogP contribution in [0.3, 0.4) is 0 Å². The number of ether oxygens (including phenoxy) is 1. The number of urea groups is 1. The van der Waals surface area contributed by atoms with Gasteiger partial charge < -0.3 is 15.4 Å². The van der Waals surface area contributed by atoms with Gasteiger partial charge in [0, 0.05) is 23.1 Å². The number of nitrogens with one attached hydrogen (secondary N) is 2. The highest BCUT2D eigenvalue weighted by Gasteiger charge is 2.14. The van der Waals surface area contributed by atoms with Gasteiger partial charge in [-0.25, -0.2) is 19.4 Å². The van der Waals surface area contributed by atoms with Gasteiger partial charge in [-0.1, -0.05) is 32.9 Å². The number of hydrogen-bond acceptors (Lipinski definition) is 5. The minimum Gasteiger partial charge on any atom is -0.439 e. The summed E-state index contributed by atoms with van der Waals surface area (Å²) < 4.78 is 7.67. The van der Waals surface area contributed by atoms with Gasteiger partial charge in [-0.3, -0.25) is 0 Å². The summed E-state index contributed by atoms with van der Waals surface area (Å²) in [4.78, 5) is 20.9. The van der Waals surface area contributed by atoms with Crippen LogP contribution < -0.4 is 15.4 Å². The van der Waals surface area contributed by atoms with Crippen molar-refractivity contribution >= 4 is 17.4 Å². The van der Waals surface area contributed by atoms with Crippen molar-refractivity contribution in [1.82, 2.24) is 19.7 Å². The maximum Gasteiger partial charge on any atom is 0.323 e. The molecule has 0 unspecified atom stereocenters. The number of anilines is 2. The normalized spacial score (nSPS) is 11.3. The van der Waals surface area contributed by atoms with Gasteiger partial charge in [0.2, 0.25) is 5.88 Å². The number of hydrogen-bond donors (Lipinski definition) is 2. The van der Waals surface area contributed by atoms with Gasteiger partial charge in [0.05, 0.1) is 5.69 Å². The van der Waals surface area contributed by atoms with Crippen LogP contribution in [0.25, 0.3) is 5.82 Å². The van der Waals surface area contributed by atoms with E-state index >= 15 is 0 Å². The molecule has 2 N–H and O–H groups in total. The van der Waals surface area contributed by atoms with Crippen LogP contribution in [0.2, 0.25) is 0 Å². The highest BCUT2D eigenvalue weighted by atomic mass is 16.5. The summed E-state index contributed by atoms with van der Waals surface area (Å²) in [5, 5.41) is 10.2. The lowest BCUT2D eigenvalue weighted by Crippen LogP contribution is -2.19. The van der Waals surface area contributed by atoms with Crippen molar-refractivity contribution < 1.29 is 9.53 Å². The van der Waals surface area contributed by atoms with Crippen LogP contribution in [0.1, 0.15) is 43.3 Å². The van der Waals surface area contributed by atoms with E-state index in [1.54, 1.807) is 35.0 Å². The molecule has 4 rings (SSSR count). The van der Waals surface area contributed by atoms with Crippen LogP contribution in [0, 0.1) is 20.8 Å². The van der Waals surface area contributed by atoms with E-state index < -0.39 is 0 Å². The Bertz CT molecular complexity index is 1340. The highest BCUT2D eigenvalue weighted by molar-refractivity contribution is 5.99. The second-order valence-corrected chi connectivity index (χ2v) is 9.45. The molecule has 0 aliphatic heterocycles. The van der Waals surface area contributed by atoms with Gasteiger partial charge in [-0.2, -0.15) is 5.10 Å². The molecule has 2 aromatic heterocycles. The molecule has 0 atom stereocenters. The first kappa shape index (κ1) is 23.9. The molecule has 0 saturated heterocycles. The monoisotopic (exact) mass is 470 g/mol. The smallest absolute Gasteiger partial charge is 0.323 e. The molecule has 0 aliphatic carbocycles. The van der Waals surface area contributed by atoms with E-state index in [-0.39, 0.29) is 11.4 Å². The largest absolute Gasteiger partial charge is 0.439 e. The number of amides is 2. The number of rotatable bonds is 5. The summed E-state index contributed by atoms with van der Waals surface area (Å²) in [7, 11) is 0. The molecule has 0 fully saturated rings. The lowest BCUT2D eigenvalue weighted by molar-refractivity contribution is 0.262. The third-order valence-corrected chi connectivity index (χ3v) is 5.84. The number of carbonyl (C=O) groups excluding carboxylic acids is 1. The fourth-order valence-electron chi connectivity index (χ4n) is 3.52. The van der Waals surface area contributed by atoms with Gasteiger partial charge in [-0.15, -0.1) is 0 Å². The Morgan fingerprint density at radius 1 is 0.886 bits per heavy atom. The Hall–Kier alpha value is -4.20. The van der Waals surface area contributed by atoms with E-state index in [0.717, 1.165) is 22.6 Å². The number of aromatic nitrogens is 4. The van der Waals surface area contributed by atoms with Gasteiger partial charge in [0.25, 0.3) is 0 Å². The van der Waals surface area contributed by atoms with Gasteiger partial charge in [-0.05, 0) is 73.7 Å². The highest BCUT2D eigenvalue weighted by Crippen LogP contribution is 2.25. The molecule has 4 aromatic rings. The Morgan fingerprint density at radius 3 is 2.03 bits per heavy atom. The number of nitrogens with zero attached hydrogens (tertiary/aromatic N) is 4. The fraction of sp³-hybridized carbons (Fsp3) is 0.259. The van der Waals surface area contributed by atoms with Gasteiger partial charge in [0.15, 0.2) is 5.82 Å². The van der Waals surface area contributed by atoms with Crippen molar-refractivity contribution in [3.63, 3.8) is 0 Å². The zero-order valence-corrected chi connectivity index (χ0v) is 20.9. The van der Waals surface area contributed by atoms with Crippen molar-refractivity contribution in [2.75, 3.05) is 10.6 Å². The van der Waals surface area contributed by atoms with Crippen LogP contribution in [0.5, 0.6) is 11.6 Å². The van der Waals surface area contributed by atoms with Crippen LogP contribution in [0.15, 0.2) is 60.9 Å². The maximum absolute atomic E-state index is 12.4. The van der Waals surface area contributed by atoms with E-state index in [2.05, 4.69) is 46.5 Å². The molecule has 0 bridgehead atoms. The number of carbonyl (C=O) groups is 1. The molecule has 2 aromatic carbocycles. The van der Waals surface area contributed by atoms with Crippen LogP contribution >= 0.6 is 0 Å². The summed E-state index contributed by atoms with van der Waals surface area (Å²) >= 11 is 0. The average Bonchev–Trinajstić information content (AvgIpc) is 3.07. The Kier molecular flexibility index (Phi) is 6.55. The van der Waals surface area contributed by atoms with Crippen LogP contribution in [-0.2, 0) is 5.41 Å². The third-order valence-electron chi connectivity index (χ3n) is 5.84. The third kappa shape index (κ3) is 5.66. The summed E-state index contributed by atoms with van der Waals surface area (Å²) in [6, 6.07) is 16.3. The molecule has 2 amide bonds. The van der Waals surface area contributed by atoms with Crippen molar-refractivity contribution in [3.05, 3.63) is 83.4 Å². The number of aryl methyl sites for hydroxylation is 1. The molecule has 0 spiro atoms. The Labute approximate surface area is 205 Å². The molecular weight excluding hydrogens is 440 g/mol. The van der Waals surface area contributed by atoms with E-state index in [9.17, 15) is 4.79 Å². The second kappa shape index (κ2) is 9.58. The molecule has 8 heteroatoms. The summed E-state index contributed by atoms with van der Waals surface area (Å²) in [6.07, 6.45) is 1.45.